The summed E-state index contributed by atoms with van der Waals surface area (Å²) in [6.45, 7) is 7.35. The molecule has 0 aliphatic heterocycles. The van der Waals surface area contributed by atoms with Gasteiger partial charge < -0.3 is 15.2 Å². The number of carboxylic acids is 1. The van der Waals surface area contributed by atoms with Crippen LogP contribution in [0.3, 0.4) is 0 Å². The van der Waals surface area contributed by atoms with E-state index in [1.54, 1.807) is 6.07 Å². The Morgan fingerprint density at radius 1 is 1.45 bits per heavy atom. The lowest BCUT2D eigenvalue weighted by atomic mass is 10.0. The number of aliphatic carboxylic acids is 1. The zero-order chi connectivity index (χ0) is 15.1. The van der Waals surface area contributed by atoms with Gasteiger partial charge in [0.15, 0.2) is 6.04 Å². The molecule has 5 heteroatoms. The van der Waals surface area contributed by atoms with Crippen molar-refractivity contribution in [2.24, 2.45) is 0 Å². The van der Waals surface area contributed by atoms with Gasteiger partial charge in [-0.3, -0.25) is 4.79 Å². The van der Waals surface area contributed by atoms with E-state index < -0.39 is 17.9 Å². The zero-order valence-corrected chi connectivity index (χ0v) is 11.7. The molecule has 1 rings (SSSR count). The molecule has 2 N–H and O–H groups in total. The lowest BCUT2D eigenvalue weighted by Gasteiger charge is -2.15. The molecule has 1 unspecified atom stereocenters. The molecular weight excluding hydrogens is 258 g/mol. The maximum Gasteiger partial charge on any atom is 0.328 e. The average molecular weight is 277 g/mol. The second-order valence-electron chi connectivity index (χ2n) is 4.51. The van der Waals surface area contributed by atoms with Crippen molar-refractivity contribution in [3.63, 3.8) is 0 Å². The highest BCUT2D eigenvalue weighted by molar-refractivity contribution is 5.97. The van der Waals surface area contributed by atoms with Gasteiger partial charge >= 0.3 is 5.97 Å². The Bertz CT molecular complexity index is 511. The van der Waals surface area contributed by atoms with E-state index in [9.17, 15) is 9.59 Å². The maximum absolute atomic E-state index is 12.1. The molecule has 0 bridgehead atoms. The first kappa shape index (κ1) is 15.9. The molecule has 1 aromatic carbocycles. The molecule has 0 fully saturated rings. The minimum atomic E-state index is -1.13. The molecule has 1 aromatic rings. The monoisotopic (exact) mass is 277 g/mol. The molecule has 5 nitrogen and oxygen atoms in total. The summed E-state index contributed by atoms with van der Waals surface area (Å²) in [5.74, 6) is -1.55. The third-order valence-corrected chi connectivity index (χ3v) is 2.75. The van der Waals surface area contributed by atoms with Crippen LogP contribution in [-0.2, 0) is 9.53 Å². The minimum Gasteiger partial charge on any atom is -0.480 e. The van der Waals surface area contributed by atoms with E-state index in [4.69, 9.17) is 9.84 Å². The number of hydrogen-bond acceptors (Lipinski definition) is 3. The first-order valence-electron chi connectivity index (χ1n) is 6.25. The van der Waals surface area contributed by atoms with Crippen molar-refractivity contribution in [1.29, 1.82) is 0 Å². The number of carbonyl (C=O) groups excluding carboxylic acids is 1. The number of carboxylic acid groups (broad SMARTS) is 1. The largest absolute Gasteiger partial charge is 0.480 e. The number of benzene rings is 1. The number of aryl methyl sites for hydroxylation is 2. The number of amides is 1. The van der Waals surface area contributed by atoms with Crippen LogP contribution in [0.15, 0.2) is 30.9 Å². The summed E-state index contributed by atoms with van der Waals surface area (Å²) in [4.78, 5) is 23.2. The Balaban J connectivity index is 2.74. The molecular formula is C15H19NO4. The lowest BCUT2D eigenvalue weighted by Crippen LogP contribution is -2.44. The Hall–Kier alpha value is -2.14. The fourth-order valence-corrected chi connectivity index (χ4v) is 1.75. The van der Waals surface area contributed by atoms with Crippen LogP contribution in [0, 0.1) is 13.8 Å². The lowest BCUT2D eigenvalue weighted by molar-refractivity contribution is -0.140. The van der Waals surface area contributed by atoms with Crippen molar-refractivity contribution >= 4 is 11.9 Å². The van der Waals surface area contributed by atoms with Crippen LogP contribution in [0.2, 0.25) is 0 Å². The van der Waals surface area contributed by atoms with E-state index >= 15 is 0 Å². The summed E-state index contributed by atoms with van der Waals surface area (Å²) in [7, 11) is 0. The summed E-state index contributed by atoms with van der Waals surface area (Å²) >= 11 is 0. The highest BCUT2D eigenvalue weighted by atomic mass is 16.5. The van der Waals surface area contributed by atoms with E-state index in [0.717, 1.165) is 11.1 Å². The van der Waals surface area contributed by atoms with Crippen molar-refractivity contribution in [2.45, 2.75) is 19.9 Å². The topological polar surface area (TPSA) is 75.6 Å². The molecule has 0 saturated heterocycles. The van der Waals surface area contributed by atoms with Gasteiger partial charge in [0.25, 0.3) is 5.91 Å². The van der Waals surface area contributed by atoms with Gasteiger partial charge in [-0.25, -0.2) is 4.79 Å². The smallest absolute Gasteiger partial charge is 0.328 e. The zero-order valence-electron chi connectivity index (χ0n) is 11.7. The van der Waals surface area contributed by atoms with Gasteiger partial charge in [-0.15, -0.1) is 6.58 Å². The molecule has 108 valence electrons. The second kappa shape index (κ2) is 7.45. The number of ether oxygens (including phenoxy) is 1. The van der Waals surface area contributed by atoms with Crippen molar-refractivity contribution in [3.8, 4) is 0 Å². The van der Waals surface area contributed by atoms with E-state index in [0.29, 0.717) is 5.56 Å². The Labute approximate surface area is 118 Å². The molecule has 1 atom stereocenters. The second-order valence-corrected chi connectivity index (χ2v) is 4.51. The van der Waals surface area contributed by atoms with Gasteiger partial charge in [0.1, 0.15) is 0 Å². The standard InChI is InChI=1S/C15H19NO4/c1-4-7-20-9-13(15(18)19)16-14(17)12-6-5-10(2)8-11(12)3/h4-6,8,13H,1,7,9H2,2-3H3,(H,16,17)(H,18,19). The maximum atomic E-state index is 12.1. The quantitative estimate of drug-likeness (QED) is 0.587. The van der Waals surface area contributed by atoms with Crippen molar-refractivity contribution in [1.82, 2.24) is 5.32 Å². The van der Waals surface area contributed by atoms with E-state index in [2.05, 4.69) is 11.9 Å². The van der Waals surface area contributed by atoms with Crippen LogP contribution in [0.4, 0.5) is 0 Å². The van der Waals surface area contributed by atoms with Crippen LogP contribution in [0.5, 0.6) is 0 Å². The summed E-state index contributed by atoms with van der Waals surface area (Å²) in [5, 5.41) is 11.5. The SMILES string of the molecule is C=CCOCC(NC(=O)c1ccc(C)cc1C)C(=O)O. The third-order valence-electron chi connectivity index (χ3n) is 2.75. The Morgan fingerprint density at radius 3 is 2.70 bits per heavy atom. The van der Waals surface area contributed by atoms with E-state index in [1.807, 2.05) is 26.0 Å². The molecule has 0 spiro atoms. The van der Waals surface area contributed by atoms with Crippen LogP contribution in [0.25, 0.3) is 0 Å². The predicted octanol–water partition coefficient (Wildman–Crippen LogP) is 1.69. The first-order chi connectivity index (χ1) is 9.45. The summed E-state index contributed by atoms with van der Waals surface area (Å²) in [6.07, 6.45) is 1.52. The van der Waals surface area contributed by atoms with Crippen LogP contribution >= 0.6 is 0 Å². The number of carbonyl (C=O) groups is 2. The molecule has 0 saturated carbocycles. The summed E-state index contributed by atoms with van der Waals surface area (Å²) in [5.41, 5.74) is 2.31. The minimum absolute atomic E-state index is 0.0992. The number of rotatable bonds is 7. The van der Waals surface area contributed by atoms with E-state index in [-0.39, 0.29) is 13.2 Å². The molecule has 0 aliphatic carbocycles. The van der Waals surface area contributed by atoms with Crippen molar-refractivity contribution in [3.05, 3.63) is 47.5 Å². The Morgan fingerprint density at radius 2 is 2.15 bits per heavy atom. The first-order valence-corrected chi connectivity index (χ1v) is 6.25. The number of nitrogens with one attached hydrogen (secondary N) is 1. The normalized spacial score (nSPS) is 11.7. The van der Waals surface area contributed by atoms with Crippen LogP contribution in [-0.4, -0.2) is 36.2 Å². The molecule has 0 heterocycles. The Kier molecular flexibility index (Phi) is 5.93. The molecule has 20 heavy (non-hydrogen) atoms. The van der Waals surface area contributed by atoms with Gasteiger partial charge in [-0.2, -0.15) is 0 Å². The van der Waals surface area contributed by atoms with E-state index in [1.165, 1.54) is 6.08 Å². The van der Waals surface area contributed by atoms with Gasteiger partial charge in [0, 0.05) is 5.56 Å². The fourth-order valence-electron chi connectivity index (χ4n) is 1.75. The van der Waals surface area contributed by atoms with Crippen molar-refractivity contribution in [2.75, 3.05) is 13.2 Å². The van der Waals surface area contributed by atoms with Gasteiger partial charge in [-0.05, 0) is 25.5 Å². The van der Waals surface area contributed by atoms with Crippen LogP contribution < -0.4 is 5.32 Å². The predicted molar refractivity (Wildman–Crippen MR) is 75.8 cm³/mol. The van der Waals surface area contributed by atoms with Crippen LogP contribution in [0.1, 0.15) is 21.5 Å². The summed E-state index contributed by atoms with van der Waals surface area (Å²) < 4.78 is 5.08. The van der Waals surface area contributed by atoms with Gasteiger partial charge in [0.05, 0.1) is 13.2 Å². The fraction of sp³-hybridized carbons (Fsp3) is 0.333. The van der Waals surface area contributed by atoms with Gasteiger partial charge in [0.2, 0.25) is 0 Å². The average Bonchev–Trinajstić information content (AvgIpc) is 2.37. The number of hydrogen-bond donors (Lipinski definition) is 2. The highest BCUT2D eigenvalue weighted by Crippen LogP contribution is 2.10. The highest BCUT2D eigenvalue weighted by Gasteiger charge is 2.21. The van der Waals surface area contributed by atoms with Crippen molar-refractivity contribution < 1.29 is 19.4 Å². The molecule has 1 amide bonds. The molecule has 0 aromatic heterocycles. The summed E-state index contributed by atoms with van der Waals surface area (Å²) in [6, 6.07) is 4.29. The third kappa shape index (κ3) is 4.51. The van der Waals surface area contributed by atoms with Gasteiger partial charge in [-0.1, -0.05) is 23.8 Å². The molecule has 0 aliphatic rings. The molecule has 0 radical (unpaired) electrons.